The van der Waals surface area contributed by atoms with Crippen LogP contribution in [0.25, 0.3) is 0 Å². The topological polar surface area (TPSA) is 58.4 Å². The first-order valence-corrected chi connectivity index (χ1v) is 6.13. The van der Waals surface area contributed by atoms with Crippen molar-refractivity contribution in [3.63, 3.8) is 0 Å². The molecule has 1 aliphatic heterocycles. The molecule has 0 radical (unpaired) electrons. The van der Waals surface area contributed by atoms with Crippen LogP contribution in [0.5, 0.6) is 0 Å². The molecule has 0 aliphatic carbocycles. The number of hydrogen-bond acceptors (Lipinski definition) is 2. The zero-order chi connectivity index (χ0) is 13.1. The Labute approximate surface area is 106 Å². The van der Waals surface area contributed by atoms with Gasteiger partial charge in [-0.2, -0.15) is 0 Å². The Morgan fingerprint density at radius 1 is 1.56 bits per heavy atom. The first kappa shape index (κ1) is 12.8. The molecule has 0 saturated carbocycles. The van der Waals surface area contributed by atoms with Gasteiger partial charge in [-0.25, -0.2) is 9.18 Å². The Morgan fingerprint density at radius 2 is 2.28 bits per heavy atom. The molecular weight excluding hydrogens is 233 g/mol. The van der Waals surface area contributed by atoms with E-state index in [1.54, 1.807) is 23.1 Å². The standard InChI is InChI=1S/C13H18FN3O/c1-9(15)6-7-17-8-12(16-13(17)18)10-4-2-3-5-11(10)14/h2-5,9,12H,6-8,15H2,1H3,(H,16,18). The molecular formula is C13H18FN3O. The maximum Gasteiger partial charge on any atom is 0.318 e. The molecule has 0 spiro atoms. The summed E-state index contributed by atoms with van der Waals surface area (Å²) in [7, 11) is 0. The largest absolute Gasteiger partial charge is 0.329 e. The summed E-state index contributed by atoms with van der Waals surface area (Å²) in [6.07, 6.45) is 0.747. The van der Waals surface area contributed by atoms with Crippen molar-refractivity contribution in [1.29, 1.82) is 0 Å². The number of amides is 2. The Morgan fingerprint density at radius 3 is 2.94 bits per heavy atom. The number of hydrogen-bond donors (Lipinski definition) is 2. The number of nitrogens with one attached hydrogen (secondary N) is 1. The van der Waals surface area contributed by atoms with Crippen LogP contribution < -0.4 is 11.1 Å². The molecule has 5 heteroatoms. The van der Waals surface area contributed by atoms with Crippen LogP contribution in [0.4, 0.5) is 9.18 Å². The minimum atomic E-state index is -0.281. The summed E-state index contributed by atoms with van der Waals surface area (Å²) in [6, 6.07) is 6.17. The third-order valence-corrected chi connectivity index (χ3v) is 3.12. The molecule has 2 unspecified atom stereocenters. The van der Waals surface area contributed by atoms with Crippen molar-refractivity contribution in [2.45, 2.75) is 25.4 Å². The summed E-state index contributed by atoms with van der Waals surface area (Å²) in [5, 5.41) is 2.79. The highest BCUT2D eigenvalue weighted by Gasteiger charge is 2.30. The van der Waals surface area contributed by atoms with Crippen LogP contribution in [-0.2, 0) is 0 Å². The molecule has 2 atom stereocenters. The van der Waals surface area contributed by atoms with Gasteiger partial charge in [-0.15, -0.1) is 0 Å². The van der Waals surface area contributed by atoms with E-state index in [1.165, 1.54) is 6.07 Å². The molecule has 4 nitrogen and oxygen atoms in total. The predicted molar refractivity (Wildman–Crippen MR) is 67.5 cm³/mol. The van der Waals surface area contributed by atoms with Gasteiger partial charge in [0.15, 0.2) is 0 Å². The number of rotatable bonds is 4. The molecule has 18 heavy (non-hydrogen) atoms. The Kier molecular flexibility index (Phi) is 3.81. The Hall–Kier alpha value is -1.62. The molecule has 3 N–H and O–H groups in total. The maximum atomic E-state index is 13.6. The van der Waals surface area contributed by atoms with Crippen molar-refractivity contribution in [2.75, 3.05) is 13.1 Å². The van der Waals surface area contributed by atoms with Gasteiger partial charge in [0.2, 0.25) is 0 Å². The lowest BCUT2D eigenvalue weighted by molar-refractivity contribution is 0.216. The third-order valence-electron chi connectivity index (χ3n) is 3.12. The molecule has 98 valence electrons. The van der Waals surface area contributed by atoms with E-state index in [2.05, 4.69) is 5.32 Å². The summed E-state index contributed by atoms with van der Waals surface area (Å²) in [5.41, 5.74) is 6.20. The van der Waals surface area contributed by atoms with Gasteiger partial charge < -0.3 is 16.0 Å². The van der Waals surface area contributed by atoms with E-state index in [-0.39, 0.29) is 23.9 Å². The van der Waals surface area contributed by atoms with Crippen LogP contribution in [0.15, 0.2) is 24.3 Å². The number of benzene rings is 1. The summed E-state index contributed by atoms with van der Waals surface area (Å²) < 4.78 is 13.6. The van der Waals surface area contributed by atoms with Crippen LogP contribution in [0, 0.1) is 5.82 Å². The minimum absolute atomic E-state index is 0.0605. The van der Waals surface area contributed by atoms with Gasteiger partial charge in [0.1, 0.15) is 5.82 Å². The highest BCUT2D eigenvalue weighted by molar-refractivity contribution is 5.77. The van der Waals surface area contributed by atoms with E-state index < -0.39 is 0 Å². The highest BCUT2D eigenvalue weighted by atomic mass is 19.1. The fraction of sp³-hybridized carbons (Fsp3) is 0.462. The van der Waals surface area contributed by atoms with Crippen LogP contribution in [-0.4, -0.2) is 30.1 Å². The van der Waals surface area contributed by atoms with Gasteiger partial charge in [0.05, 0.1) is 6.04 Å². The lowest BCUT2D eigenvalue weighted by Gasteiger charge is -2.16. The first-order chi connectivity index (χ1) is 8.58. The monoisotopic (exact) mass is 251 g/mol. The second-order valence-corrected chi connectivity index (χ2v) is 4.74. The zero-order valence-corrected chi connectivity index (χ0v) is 10.4. The molecule has 0 bridgehead atoms. The van der Waals surface area contributed by atoms with E-state index in [4.69, 9.17) is 5.73 Å². The van der Waals surface area contributed by atoms with Crippen molar-refractivity contribution >= 4 is 6.03 Å². The molecule has 1 aromatic carbocycles. The maximum absolute atomic E-state index is 13.6. The third kappa shape index (κ3) is 2.79. The van der Waals surface area contributed by atoms with Crippen LogP contribution in [0.1, 0.15) is 24.9 Å². The summed E-state index contributed by atoms with van der Waals surface area (Å²) >= 11 is 0. The highest BCUT2D eigenvalue weighted by Crippen LogP contribution is 2.22. The smallest absolute Gasteiger partial charge is 0.318 e. The molecule has 2 rings (SSSR count). The van der Waals surface area contributed by atoms with Crippen LogP contribution in [0.3, 0.4) is 0 Å². The fourth-order valence-electron chi connectivity index (χ4n) is 2.08. The van der Waals surface area contributed by atoms with E-state index in [0.717, 1.165) is 6.42 Å². The summed E-state index contributed by atoms with van der Waals surface area (Å²) in [5.74, 6) is -0.281. The fourth-order valence-corrected chi connectivity index (χ4v) is 2.08. The van der Waals surface area contributed by atoms with Crippen molar-refractivity contribution in [2.24, 2.45) is 5.73 Å². The van der Waals surface area contributed by atoms with E-state index >= 15 is 0 Å². The number of urea groups is 1. The van der Waals surface area contributed by atoms with Crippen molar-refractivity contribution < 1.29 is 9.18 Å². The van der Waals surface area contributed by atoms with Crippen molar-refractivity contribution in [3.8, 4) is 0 Å². The lowest BCUT2D eigenvalue weighted by Crippen LogP contribution is -2.32. The first-order valence-electron chi connectivity index (χ1n) is 6.13. The molecule has 1 fully saturated rings. The van der Waals surface area contributed by atoms with Gasteiger partial charge in [-0.3, -0.25) is 0 Å². The van der Waals surface area contributed by atoms with Gasteiger partial charge in [-0.05, 0) is 19.4 Å². The second kappa shape index (κ2) is 5.35. The molecule has 1 heterocycles. The molecule has 1 aliphatic rings. The second-order valence-electron chi connectivity index (χ2n) is 4.74. The molecule has 2 amide bonds. The van der Waals surface area contributed by atoms with Crippen molar-refractivity contribution in [1.82, 2.24) is 10.2 Å². The quantitative estimate of drug-likeness (QED) is 0.854. The van der Waals surface area contributed by atoms with E-state index in [0.29, 0.717) is 18.7 Å². The normalized spacial score (nSPS) is 20.9. The van der Waals surface area contributed by atoms with Crippen molar-refractivity contribution in [3.05, 3.63) is 35.6 Å². The number of carbonyl (C=O) groups is 1. The van der Waals surface area contributed by atoms with Gasteiger partial charge in [-0.1, -0.05) is 18.2 Å². The van der Waals surface area contributed by atoms with Gasteiger partial charge in [0, 0.05) is 24.7 Å². The molecule has 1 aromatic rings. The molecule has 0 aromatic heterocycles. The van der Waals surface area contributed by atoms with E-state index in [1.807, 2.05) is 6.92 Å². The van der Waals surface area contributed by atoms with Gasteiger partial charge in [0.25, 0.3) is 0 Å². The number of nitrogens with two attached hydrogens (primary N) is 1. The average Bonchev–Trinajstić information content (AvgIpc) is 2.68. The van der Waals surface area contributed by atoms with Crippen LogP contribution >= 0.6 is 0 Å². The lowest BCUT2D eigenvalue weighted by atomic mass is 10.1. The van der Waals surface area contributed by atoms with Crippen LogP contribution in [0.2, 0.25) is 0 Å². The van der Waals surface area contributed by atoms with E-state index in [9.17, 15) is 9.18 Å². The number of nitrogens with zero attached hydrogens (tertiary/aromatic N) is 1. The Balaban J connectivity index is 2.02. The molecule has 1 saturated heterocycles. The van der Waals surface area contributed by atoms with Gasteiger partial charge >= 0.3 is 6.03 Å². The minimum Gasteiger partial charge on any atom is -0.329 e. The predicted octanol–water partition coefficient (Wildman–Crippen LogP) is 1.63. The average molecular weight is 251 g/mol. The zero-order valence-electron chi connectivity index (χ0n) is 10.4. The Bertz CT molecular complexity index is 436. The summed E-state index contributed by atoms with van der Waals surface area (Å²) in [4.78, 5) is 13.4. The number of halogens is 1. The summed E-state index contributed by atoms with van der Waals surface area (Å²) in [6.45, 7) is 3.00. The SMILES string of the molecule is CC(N)CCN1CC(c2ccccc2F)NC1=O. The number of carbonyl (C=O) groups excluding carboxylic acids is 1.